The van der Waals surface area contributed by atoms with Crippen LogP contribution in [0.15, 0.2) is 48.5 Å². The highest BCUT2D eigenvalue weighted by Gasteiger charge is 2.58. The van der Waals surface area contributed by atoms with E-state index in [4.69, 9.17) is 12.2 Å². The van der Waals surface area contributed by atoms with Gasteiger partial charge < -0.3 is 10.6 Å². The Morgan fingerprint density at radius 1 is 1.19 bits per heavy atom. The van der Waals surface area contributed by atoms with Gasteiger partial charge in [-0.05, 0) is 36.8 Å². The summed E-state index contributed by atoms with van der Waals surface area (Å²) in [5.41, 5.74) is 6.27. The van der Waals surface area contributed by atoms with Gasteiger partial charge in [0.15, 0.2) is 5.11 Å². The van der Waals surface area contributed by atoms with E-state index in [1.807, 2.05) is 55.5 Å². The lowest BCUT2D eigenvalue weighted by atomic mass is 10.1. The average Bonchev–Trinajstić information content (AvgIpc) is 3.10. The lowest BCUT2D eigenvalue weighted by Crippen LogP contribution is -2.56. The number of hydrazine groups is 1. The van der Waals surface area contributed by atoms with E-state index in [9.17, 15) is 9.59 Å². The third-order valence-electron chi connectivity index (χ3n) is 4.42. The molecular formula is C18H16N4O2S2. The Bertz CT molecular complexity index is 933. The van der Waals surface area contributed by atoms with Gasteiger partial charge in [-0.25, -0.2) is 5.01 Å². The molecular weight excluding hydrogens is 368 g/mol. The fourth-order valence-electron chi connectivity index (χ4n) is 3.16. The first-order valence-corrected chi connectivity index (χ1v) is 9.43. The van der Waals surface area contributed by atoms with Crippen molar-refractivity contribution in [3.05, 3.63) is 59.7 Å². The maximum atomic E-state index is 12.8. The van der Waals surface area contributed by atoms with Crippen LogP contribution in [-0.4, -0.2) is 27.7 Å². The minimum absolute atomic E-state index is 0.196. The van der Waals surface area contributed by atoms with Gasteiger partial charge in [0.1, 0.15) is 0 Å². The lowest BCUT2D eigenvalue weighted by Gasteiger charge is -2.33. The molecule has 1 saturated heterocycles. The van der Waals surface area contributed by atoms with E-state index in [0.717, 1.165) is 16.8 Å². The van der Waals surface area contributed by atoms with Crippen molar-refractivity contribution in [3.63, 3.8) is 0 Å². The molecule has 2 aromatic carbocycles. The number of thioether (sulfide) groups is 1. The summed E-state index contributed by atoms with van der Waals surface area (Å²) in [4.78, 5) is 24.1. The second-order valence-corrected chi connectivity index (χ2v) is 7.62. The SMILES string of the molecule is Cc1ccccc1NC(=S)NN1C(=O)CSC12C(=O)Nc1ccccc12. The monoisotopic (exact) mass is 384 g/mol. The van der Waals surface area contributed by atoms with Gasteiger partial charge in [-0.3, -0.25) is 15.0 Å². The second kappa shape index (κ2) is 6.30. The first-order valence-electron chi connectivity index (χ1n) is 8.03. The fraction of sp³-hybridized carbons (Fsp3) is 0.167. The molecule has 0 aromatic heterocycles. The highest BCUT2D eigenvalue weighted by Crippen LogP contribution is 2.51. The van der Waals surface area contributed by atoms with Crippen molar-refractivity contribution in [1.82, 2.24) is 10.4 Å². The second-order valence-electron chi connectivity index (χ2n) is 6.04. The molecule has 2 aliphatic rings. The number of aryl methyl sites for hydroxylation is 1. The number of fused-ring (bicyclic) bond motifs is 2. The average molecular weight is 384 g/mol. The summed E-state index contributed by atoms with van der Waals surface area (Å²) in [7, 11) is 0. The molecule has 1 unspecified atom stereocenters. The first-order chi connectivity index (χ1) is 12.5. The number of nitrogens with zero attached hydrogens (tertiary/aromatic N) is 1. The van der Waals surface area contributed by atoms with E-state index in [-0.39, 0.29) is 22.7 Å². The van der Waals surface area contributed by atoms with Crippen molar-refractivity contribution < 1.29 is 9.59 Å². The van der Waals surface area contributed by atoms with Crippen LogP contribution in [-0.2, 0) is 14.5 Å². The highest BCUT2D eigenvalue weighted by molar-refractivity contribution is 8.02. The summed E-state index contributed by atoms with van der Waals surface area (Å²) in [5, 5.41) is 7.54. The number of hydrogen-bond donors (Lipinski definition) is 3. The maximum Gasteiger partial charge on any atom is 0.267 e. The standard InChI is InChI=1S/C18H16N4O2S2/c1-11-6-2-4-8-13(11)20-17(25)21-22-15(23)10-26-18(22)12-7-3-5-9-14(12)19-16(18)24/h2-9H,10H2,1H3,(H,19,24)(H2,20,21,25). The summed E-state index contributed by atoms with van der Waals surface area (Å²) < 4.78 is 0. The highest BCUT2D eigenvalue weighted by atomic mass is 32.2. The Kier molecular flexibility index (Phi) is 4.08. The Morgan fingerprint density at radius 3 is 2.73 bits per heavy atom. The van der Waals surface area contributed by atoms with Crippen LogP contribution in [0.1, 0.15) is 11.1 Å². The van der Waals surface area contributed by atoms with Crippen molar-refractivity contribution in [2.24, 2.45) is 0 Å². The Morgan fingerprint density at radius 2 is 1.92 bits per heavy atom. The smallest absolute Gasteiger partial charge is 0.267 e. The number of amides is 2. The van der Waals surface area contributed by atoms with E-state index < -0.39 is 4.87 Å². The molecule has 1 spiro atoms. The lowest BCUT2D eigenvalue weighted by molar-refractivity contribution is -0.138. The number of para-hydroxylation sites is 2. The van der Waals surface area contributed by atoms with Gasteiger partial charge in [-0.1, -0.05) is 36.4 Å². The van der Waals surface area contributed by atoms with Gasteiger partial charge in [0.05, 0.1) is 5.75 Å². The molecule has 0 bridgehead atoms. The molecule has 1 atom stereocenters. The van der Waals surface area contributed by atoms with Gasteiger partial charge in [-0.2, -0.15) is 0 Å². The van der Waals surface area contributed by atoms with Crippen LogP contribution in [0.3, 0.4) is 0 Å². The van der Waals surface area contributed by atoms with Crippen LogP contribution < -0.4 is 16.1 Å². The molecule has 8 heteroatoms. The zero-order valence-corrected chi connectivity index (χ0v) is 15.5. The molecule has 6 nitrogen and oxygen atoms in total. The molecule has 0 radical (unpaired) electrons. The minimum atomic E-state index is -1.15. The fourth-order valence-corrected chi connectivity index (χ4v) is 4.61. The minimum Gasteiger partial charge on any atom is -0.331 e. The molecule has 2 amide bonds. The van der Waals surface area contributed by atoms with Gasteiger partial charge in [0.2, 0.25) is 4.87 Å². The van der Waals surface area contributed by atoms with Crippen LogP contribution in [0.5, 0.6) is 0 Å². The van der Waals surface area contributed by atoms with E-state index >= 15 is 0 Å². The van der Waals surface area contributed by atoms with Crippen molar-refractivity contribution in [2.75, 3.05) is 16.4 Å². The summed E-state index contributed by atoms with van der Waals surface area (Å²) >= 11 is 6.67. The van der Waals surface area contributed by atoms with Crippen LogP contribution in [0.4, 0.5) is 11.4 Å². The number of rotatable bonds is 2. The Hall–Kier alpha value is -2.58. The summed E-state index contributed by atoms with van der Waals surface area (Å²) in [6.45, 7) is 1.96. The number of carbonyl (C=O) groups is 2. The van der Waals surface area contributed by atoms with Crippen LogP contribution in [0.2, 0.25) is 0 Å². The maximum absolute atomic E-state index is 12.8. The molecule has 2 aliphatic heterocycles. The number of anilines is 2. The first kappa shape index (κ1) is 16.9. The number of nitrogens with one attached hydrogen (secondary N) is 3. The predicted molar refractivity (Wildman–Crippen MR) is 107 cm³/mol. The third kappa shape index (κ3) is 2.53. The molecule has 2 heterocycles. The Balaban J connectivity index is 1.63. The molecule has 0 aliphatic carbocycles. The molecule has 1 fully saturated rings. The largest absolute Gasteiger partial charge is 0.331 e. The molecule has 2 aromatic rings. The van der Waals surface area contributed by atoms with E-state index in [2.05, 4.69) is 16.1 Å². The number of benzene rings is 2. The molecule has 3 N–H and O–H groups in total. The van der Waals surface area contributed by atoms with E-state index in [1.165, 1.54) is 16.8 Å². The quantitative estimate of drug-likeness (QED) is 0.691. The van der Waals surface area contributed by atoms with Crippen molar-refractivity contribution >= 4 is 52.3 Å². The number of carbonyl (C=O) groups excluding carboxylic acids is 2. The Labute approximate surface area is 160 Å². The van der Waals surface area contributed by atoms with Crippen LogP contribution >= 0.6 is 24.0 Å². The van der Waals surface area contributed by atoms with Crippen molar-refractivity contribution in [2.45, 2.75) is 11.8 Å². The predicted octanol–water partition coefficient (Wildman–Crippen LogP) is 2.58. The topological polar surface area (TPSA) is 73.5 Å². The molecule has 0 saturated carbocycles. The van der Waals surface area contributed by atoms with Gasteiger partial charge in [-0.15, -0.1) is 11.8 Å². The van der Waals surface area contributed by atoms with Gasteiger partial charge in [0.25, 0.3) is 11.8 Å². The molecule has 4 rings (SSSR count). The summed E-state index contributed by atoms with van der Waals surface area (Å²) in [6, 6.07) is 15.1. The number of thiocarbonyl (C=S) groups is 1. The van der Waals surface area contributed by atoms with Crippen molar-refractivity contribution in [3.8, 4) is 0 Å². The van der Waals surface area contributed by atoms with Crippen LogP contribution in [0.25, 0.3) is 0 Å². The molecule has 132 valence electrons. The van der Waals surface area contributed by atoms with Crippen LogP contribution in [0, 0.1) is 6.92 Å². The van der Waals surface area contributed by atoms with Crippen molar-refractivity contribution in [1.29, 1.82) is 0 Å². The van der Waals surface area contributed by atoms with Gasteiger partial charge in [0, 0.05) is 16.9 Å². The van der Waals surface area contributed by atoms with E-state index in [1.54, 1.807) is 0 Å². The third-order valence-corrected chi connectivity index (χ3v) is 6.01. The normalized spacial score (nSPS) is 20.9. The van der Waals surface area contributed by atoms with E-state index in [0.29, 0.717) is 5.69 Å². The molecule has 26 heavy (non-hydrogen) atoms. The van der Waals surface area contributed by atoms with Gasteiger partial charge >= 0.3 is 0 Å². The number of hydrogen-bond acceptors (Lipinski definition) is 4. The summed E-state index contributed by atoms with van der Waals surface area (Å²) in [6.07, 6.45) is 0. The summed E-state index contributed by atoms with van der Waals surface area (Å²) in [5.74, 6) is -0.251. The zero-order valence-electron chi connectivity index (χ0n) is 13.9. The zero-order chi connectivity index (χ0) is 18.3.